The summed E-state index contributed by atoms with van der Waals surface area (Å²) >= 11 is 0. The molecule has 0 radical (unpaired) electrons. The van der Waals surface area contributed by atoms with Crippen molar-refractivity contribution in [2.45, 2.75) is 25.4 Å². The molecule has 0 aliphatic carbocycles. The number of carbonyl (C=O) groups is 1. The Morgan fingerprint density at radius 1 is 1.09 bits per heavy atom. The van der Waals surface area contributed by atoms with Gasteiger partial charge in [0.25, 0.3) is 5.56 Å². The van der Waals surface area contributed by atoms with Crippen molar-refractivity contribution in [2.24, 2.45) is 0 Å². The maximum atomic E-state index is 13.3. The van der Waals surface area contributed by atoms with Crippen LogP contribution in [0.4, 0.5) is 14.9 Å². The van der Waals surface area contributed by atoms with Gasteiger partial charge in [0, 0.05) is 53.7 Å². The number of urea groups is 1. The fourth-order valence-electron chi connectivity index (χ4n) is 4.41. The van der Waals surface area contributed by atoms with Gasteiger partial charge in [0.05, 0.1) is 0 Å². The number of amides is 2. The molecule has 0 bridgehead atoms. The largest absolute Gasteiger partial charge is 0.382 e. The van der Waals surface area contributed by atoms with Crippen LogP contribution in [0.5, 0.6) is 0 Å². The molecule has 5 rings (SSSR count). The molecular formula is C25H24FN5O2. The lowest BCUT2D eigenvalue weighted by atomic mass is 10.0. The molecule has 1 aliphatic rings. The summed E-state index contributed by atoms with van der Waals surface area (Å²) in [5, 5.41) is 8.85. The molecule has 2 aromatic heterocycles. The maximum Gasteiger partial charge on any atom is 0.317 e. The lowest BCUT2D eigenvalue weighted by Crippen LogP contribution is -2.46. The van der Waals surface area contributed by atoms with Crippen molar-refractivity contribution >= 4 is 33.5 Å². The van der Waals surface area contributed by atoms with Crippen molar-refractivity contribution in [2.75, 3.05) is 18.4 Å². The predicted molar refractivity (Wildman–Crippen MR) is 127 cm³/mol. The first-order valence-electron chi connectivity index (χ1n) is 11.0. The predicted octanol–water partition coefficient (Wildman–Crippen LogP) is 4.00. The number of H-pyrrole nitrogens is 1. The Bertz CT molecular complexity index is 1380. The van der Waals surface area contributed by atoms with Crippen LogP contribution in [0.15, 0.2) is 65.6 Å². The molecule has 1 aliphatic heterocycles. The highest BCUT2D eigenvalue weighted by Crippen LogP contribution is 2.28. The van der Waals surface area contributed by atoms with Gasteiger partial charge in [-0.15, -0.1) is 0 Å². The fourth-order valence-corrected chi connectivity index (χ4v) is 4.41. The van der Waals surface area contributed by atoms with Crippen LogP contribution < -0.4 is 16.2 Å². The van der Waals surface area contributed by atoms with Crippen molar-refractivity contribution in [3.8, 4) is 0 Å². The Morgan fingerprint density at radius 2 is 1.88 bits per heavy atom. The highest BCUT2D eigenvalue weighted by atomic mass is 19.1. The van der Waals surface area contributed by atoms with Crippen molar-refractivity contribution in [1.29, 1.82) is 0 Å². The molecule has 7 nitrogen and oxygen atoms in total. The smallest absolute Gasteiger partial charge is 0.317 e. The summed E-state index contributed by atoms with van der Waals surface area (Å²) in [6.07, 6.45) is 3.27. The molecular weight excluding hydrogens is 421 g/mol. The summed E-state index contributed by atoms with van der Waals surface area (Å²) < 4.78 is 13.3. The SMILES string of the molecule is O=C(NCc1cccc(F)c1)N1CCC(Nc2ccnc3[nH]c(=O)c4ccccc4c23)CC1. The van der Waals surface area contributed by atoms with E-state index in [-0.39, 0.29) is 23.4 Å². The van der Waals surface area contributed by atoms with Gasteiger partial charge in [-0.25, -0.2) is 14.2 Å². The second-order valence-electron chi connectivity index (χ2n) is 8.28. The van der Waals surface area contributed by atoms with E-state index in [1.165, 1.54) is 12.1 Å². The quantitative estimate of drug-likeness (QED) is 0.414. The number of aromatic nitrogens is 2. The second-order valence-corrected chi connectivity index (χ2v) is 8.28. The molecule has 8 heteroatoms. The van der Waals surface area contributed by atoms with Crippen LogP contribution in [-0.4, -0.2) is 40.0 Å². The zero-order chi connectivity index (χ0) is 22.8. The van der Waals surface area contributed by atoms with E-state index < -0.39 is 0 Å². The average molecular weight is 445 g/mol. The number of piperidine rings is 1. The first kappa shape index (κ1) is 20.9. The van der Waals surface area contributed by atoms with Crippen LogP contribution in [0.2, 0.25) is 0 Å². The Hall–Kier alpha value is -3.94. The van der Waals surface area contributed by atoms with E-state index in [2.05, 4.69) is 20.6 Å². The highest BCUT2D eigenvalue weighted by Gasteiger charge is 2.23. The summed E-state index contributed by atoms with van der Waals surface area (Å²) in [5.41, 5.74) is 2.05. The van der Waals surface area contributed by atoms with Gasteiger partial charge >= 0.3 is 6.03 Å². The molecule has 0 atom stereocenters. The van der Waals surface area contributed by atoms with E-state index in [9.17, 15) is 14.0 Å². The van der Waals surface area contributed by atoms with E-state index in [1.54, 1.807) is 23.2 Å². The van der Waals surface area contributed by atoms with Crippen LogP contribution in [0, 0.1) is 5.82 Å². The van der Waals surface area contributed by atoms with E-state index in [4.69, 9.17) is 0 Å². The van der Waals surface area contributed by atoms with Crippen LogP contribution in [0.25, 0.3) is 21.8 Å². The lowest BCUT2D eigenvalue weighted by molar-refractivity contribution is 0.183. The van der Waals surface area contributed by atoms with E-state index >= 15 is 0 Å². The topological polar surface area (TPSA) is 90.1 Å². The average Bonchev–Trinajstić information content (AvgIpc) is 2.83. The number of halogens is 1. The van der Waals surface area contributed by atoms with Crippen molar-refractivity contribution in [3.63, 3.8) is 0 Å². The van der Waals surface area contributed by atoms with Crippen molar-refractivity contribution in [3.05, 3.63) is 82.5 Å². The summed E-state index contributed by atoms with van der Waals surface area (Å²) in [6.45, 7) is 1.53. The van der Waals surface area contributed by atoms with E-state index in [0.29, 0.717) is 30.7 Å². The number of hydrogen-bond donors (Lipinski definition) is 3. The number of benzene rings is 2. The first-order valence-corrected chi connectivity index (χ1v) is 11.0. The number of rotatable bonds is 4. The number of likely N-dealkylation sites (tertiary alicyclic amines) is 1. The van der Waals surface area contributed by atoms with Gasteiger partial charge in [0.15, 0.2) is 0 Å². The minimum Gasteiger partial charge on any atom is -0.382 e. The molecule has 33 heavy (non-hydrogen) atoms. The van der Waals surface area contributed by atoms with Crippen LogP contribution >= 0.6 is 0 Å². The number of pyridine rings is 2. The zero-order valence-electron chi connectivity index (χ0n) is 18.0. The number of hydrogen-bond acceptors (Lipinski definition) is 4. The highest BCUT2D eigenvalue weighted by molar-refractivity contribution is 6.10. The second kappa shape index (κ2) is 8.90. The minimum atomic E-state index is -0.311. The van der Waals surface area contributed by atoms with Crippen LogP contribution in [0.1, 0.15) is 18.4 Å². The summed E-state index contributed by atoms with van der Waals surface area (Å²) in [7, 11) is 0. The number of anilines is 1. The molecule has 4 aromatic rings. The monoisotopic (exact) mass is 445 g/mol. The number of fused-ring (bicyclic) bond motifs is 3. The third-order valence-electron chi connectivity index (χ3n) is 6.10. The molecule has 0 unspecified atom stereocenters. The van der Waals surface area contributed by atoms with Gasteiger partial charge in [-0.3, -0.25) is 4.79 Å². The van der Waals surface area contributed by atoms with Gasteiger partial charge < -0.3 is 20.5 Å². The standard InChI is InChI=1S/C25H24FN5O2/c26-17-5-3-4-16(14-17)15-28-25(33)31-12-9-18(10-13-31)29-21-8-11-27-23-22(21)19-6-1-2-7-20(19)24(32)30-23/h1-8,11,14,18H,9-10,12-13,15H2,(H,28,33)(H2,27,29,30,32). The zero-order valence-corrected chi connectivity index (χ0v) is 18.0. The number of nitrogens with one attached hydrogen (secondary N) is 3. The molecule has 2 aromatic carbocycles. The first-order chi connectivity index (χ1) is 16.1. The number of aromatic amines is 1. The molecule has 0 saturated carbocycles. The van der Waals surface area contributed by atoms with Gasteiger partial charge in [-0.1, -0.05) is 30.3 Å². The van der Waals surface area contributed by atoms with Gasteiger partial charge in [0.1, 0.15) is 11.5 Å². The Kier molecular flexibility index (Phi) is 5.64. The molecule has 1 fully saturated rings. The molecule has 2 amide bonds. The Morgan fingerprint density at radius 3 is 2.67 bits per heavy atom. The molecule has 0 spiro atoms. The molecule has 3 heterocycles. The maximum absolute atomic E-state index is 13.3. The Labute approximate surface area is 189 Å². The summed E-state index contributed by atoms with van der Waals surface area (Å²) in [4.78, 5) is 33.9. The van der Waals surface area contributed by atoms with E-state index in [0.717, 1.165) is 34.9 Å². The van der Waals surface area contributed by atoms with Crippen LogP contribution in [0.3, 0.4) is 0 Å². The normalized spacial score (nSPS) is 14.5. The van der Waals surface area contributed by atoms with Crippen molar-refractivity contribution < 1.29 is 9.18 Å². The third kappa shape index (κ3) is 4.37. The molecule has 3 N–H and O–H groups in total. The summed E-state index contributed by atoms with van der Waals surface area (Å²) in [5.74, 6) is -0.311. The lowest BCUT2D eigenvalue weighted by Gasteiger charge is -2.33. The third-order valence-corrected chi connectivity index (χ3v) is 6.10. The molecule has 1 saturated heterocycles. The van der Waals surface area contributed by atoms with Gasteiger partial charge in [-0.05, 0) is 42.7 Å². The number of carbonyl (C=O) groups excluding carboxylic acids is 1. The minimum absolute atomic E-state index is 0.143. The van der Waals surface area contributed by atoms with Crippen LogP contribution in [-0.2, 0) is 6.54 Å². The fraction of sp³-hybridized carbons (Fsp3) is 0.240. The summed E-state index contributed by atoms with van der Waals surface area (Å²) in [6, 6.07) is 15.7. The van der Waals surface area contributed by atoms with Gasteiger partial charge in [-0.2, -0.15) is 0 Å². The van der Waals surface area contributed by atoms with Crippen molar-refractivity contribution in [1.82, 2.24) is 20.2 Å². The van der Waals surface area contributed by atoms with E-state index in [1.807, 2.05) is 30.3 Å². The Balaban J connectivity index is 1.26. The molecule has 168 valence electrons. The number of nitrogens with zero attached hydrogens (tertiary/aromatic N) is 2. The van der Waals surface area contributed by atoms with Gasteiger partial charge in [0.2, 0.25) is 0 Å².